The number of nitrogens with two attached hydrogens (primary N) is 1. The summed E-state index contributed by atoms with van der Waals surface area (Å²) < 4.78 is 12.2. The van der Waals surface area contributed by atoms with Gasteiger partial charge in [-0.2, -0.15) is 0 Å². The zero-order valence-corrected chi connectivity index (χ0v) is 7.22. The second-order valence-corrected chi connectivity index (χ2v) is 1.83. The first kappa shape index (κ1) is 13.3. The van der Waals surface area contributed by atoms with Crippen LogP contribution in [0.3, 0.4) is 0 Å². The molecular weight excluding hydrogens is 184 g/mol. The molecule has 11 heavy (non-hydrogen) atoms. The topological polar surface area (TPSA) is 54.5 Å². The molecule has 0 bridgehead atoms. The molecule has 0 saturated heterocycles. The summed E-state index contributed by atoms with van der Waals surface area (Å²) in [6.07, 6.45) is 0. The molecule has 0 atom stereocenters. The fourth-order valence-electron chi connectivity index (χ4n) is 0.620. The molecule has 1 aromatic carbocycles. The monoisotopic (exact) mass is 192 g/mol. The molecule has 1 aromatic rings. The van der Waals surface area contributed by atoms with E-state index in [2.05, 4.69) is 0 Å². The van der Waals surface area contributed by atoms with Gasteiger partial charge >= 0.3 is 0 Å². The molecule has 2 N–H and O–H groups in total. The molecule has 0 heterocycles. The van der Waals surface area contributed by atoms with Gasteiger partial charge < -0.3 is 11.2 Å². The fourth-order valence-corrected chi connectivity index (χ4v) is 0.620. The molecule has 4 heteroatoms. The van der Waals surface area contributed by atoms with Gasteiger partial charge in [-0.05, 0) is 17.7 Å². The number of hydrogen-bond donors (Lipinski definition) is 1. The third kappa shape index (κ3) is 4.16. The Bertz CT molecular complexity index is 190. The second-order valence-electron chi connectivity index (χ2n) is 1.83. The summed E-state index contributed by atoms with van der Waals surface area (Å²) in [6, 6.07) is 6.16. The Hall–Kier alpha value is -0.346. The van der Waals surface area contributed by atoms with Gasteiger partial charge in [0.1, 0.15) is 5.82 Å². The van der Waals surface area contributed by atoms with Gasteiger partial charge in [-0.15, -0.1) is 0 Å². The Kier molecular flexibility index (Phi) is 7.68. The van der Waals surface area contributed by atoms with Crippen LogP contribution >= 0.6 is 0 Å². The molecule has 0 fully saturated rings. The molecule has 0 aliphatic rings. The average molecular weight is 192 g/mol. The molecule has 0 amide bonds. The van der Waals surface area contributed by atoms with E-state index in [0.717, 1.165) is 5.56 Å². The Balaban J connectivity index is 0. The molecule has 61 valence electrons. The molecular formula is C7H8FNOV-2. The molecule has 0 spiro atoms. The van der Waals surface area contributed by atoms with Crippen molar-refractivity contribution in [2.24, 2.45) is 5.73 Å². The van der Waals surface area contributed by atoms with Crippen LogP contribution in [0.15, 0.2) is 24.3 Å². The first-order valence-corrected chi connectivity index (χ1v) is 2.77. The van der Waals surface area contributed by atoms with Gasteiger partial charge in [0.25, 0.3) is 0 Å². The first-order valence-electron chi connectivity index (χ1n) is 2.77. The predicted octanol–water partition coefficient (Wildman–Crippen LogP) is 1.16. The van der Waals surface area contributed by atoms with Crippen LogP contribution < -0.4 is 5.73 Å². The van der Waals surface area contributed by atoms with Crippen LogP contribution in [0.1, 0.15) is 5.56 Å². The largest absolute Gasteiger partial charge is 2.00 e. The van der Waals surface area contributed by atoms with Crippen LogP contribution in [0, 0.1) is 5.82 Å². The maximum Gasteiger partial charge on any atom is 0.123 e. The third-order valence-electron chi connectivity index (χ3n) is 1.15. The third-order valence-corrected chi connectivity index (χ3v) is 1.15. The molecule has 0 aromatic heterocycles. The second kappa shape index (κ2) is 6.37. The van der Waals surface area contributed by atoms with E-state index >= 15 is 0 Å². The van der Waals surface area contributed by atoms with Crippen molar-refractivity contribution in [2.45, 2.75) is 6.54 Å². The average Bonchev–Trinajstić information content (AvgIpc) is 1.90. The quantitative estimate of drug-likeness (QED) is 0.713. The van der Waals surface area contributed by atoms with Crippen LogP contribution in [-0.4, -0.2) is 0 Å². The molecule has 1 radical (unpaired) electrons. The van der Waals surface area contributed by atoms with Gasteiger partial charge in [-0.3, -0.25) is 0 Å². The number of benzene rings is 1. The molecule has 0 aliphatic carbocycles. The van der Waals surface area contributed by atoms with Crippen LogP contribution in [0.4, 0.5) is 4.39 Å². The summed E-state index contributed by atoms with van der Waals surface area (Å²) in [6.45, 7) is 0.472. The van der Waals surface area contributed by atoms with E-state index in [1.807, 2.05) is 0 Å². The van der Waals surface area contributed by atoms with Crippen molar-refractivity contribution in [3.8, 4) is 0 Å². The van der Waals surface area contributed by atoms with Crippen LogP contribution in [-0.2, 0) is 30.6 Å². The summed E-state index contributed by atoms with van der Waals surface area (Å²) >= 11 is 0. The minimum atomic E-state index is -0.216. The van der Waals surface area contributed by atoms with Gasteiger partial charge in [0.05, 0.1) is 0 Å². The Morgan fingerprint density at radius 1 is 1.18 bits per heavy atom. The van der Waals surface area contributed by atoms with Crippen LogP contribution in [0.25, 0.3) is 0 Å². The molecule has 0 unspecified atom stereocenters. The van der Waals surface area contributed by atoms with E-state index in [-0.39, 0.29) is 29.8 Å². The molecule has 0 aliphatic heterocycles. The van der Waals surface area contributed by atoms with Crippen molar-refractivity contribution in [3.63, 3.8) is 0 Å². The van der Waals surface area contributed by atoms with Gasteiger partial charge in [-0.1, -0.05) is 12.1 Å². The van der Waals surface area contributed by atoms with Crippen molar-refractivity contribution in [1.82, 2.24) is 0 Å². The summed E-state index contributed by atoms with van der Waals surface area (Å²) in [5.41, 5.74) is 6.23. The normalized spacial score (nSPS) is 7.82. The van der Waals surface area contributed by atoms with Crippen molar-refractivity contribution in [3.05, 3.63) is 35.6 Å². The fraction of sp³-hybridized carbons (Fsp3) is 0.143. The van der Waals surface area contributed by atoms with Crippen molar-refractivity contribution < 1.29 is 28.4 Å². The zero-order valence-electron chi connectivity index (χ0n) is 5.83. The standard InChI is InChI=1S/C7H8FN.O.V/c8-7-3-1-6(5-9)2-4-7;;/h1-4H,5,9H2;;/q;-2;. The minimum absolute atomic E-state index is 0. The molecule has 2 nitrogen and oxygen atoms in total. The number of hydrogen-bond acceptors (Lipinski definition) is 1. The smallest absolute Gasteiger partial charge is 0.123 e. The van der Waals surface area contributed by atoms with Crippen LogP contribution in [0.2, 0.25) is 0 Å². The summed E-state index contributed by atoms with van der Waals surface area (Å²) in [5, 5.41) is 0. The summed E-state index contributed by atoms with van der Waals surface area (Å²) in [5.74, 6) is -0.216. The predicted molar refractivity (Wildman–Crippen MR) is 35.0 cm³/mol. The molecule has 0 saturated carbocycles. The van der Waals surface area contributed by atoms with E-state index in [4.69, 9.17) is 5.73 Å². The van der Waals surface area contributed by atoms with Gasteiger partial charge in [0, 0.05) is 25.1 Å². The van der Waals surface area contributed by atoms with Gasteiger partial charge in [0.2, 0.25) is 0 Å². The Labute approximate surface area is 76.8 Å². The van der Waals surface area contributed by atoms with Crippen LogP contribution in [0.5, 0.6) is 0 Å². The SMILES string of the molecule is NCc1ccc(F)cc1.[O-2].[V]. The van der Waals surface area contributed by atoms with E-state index in [1.165, 1.54) is 12.1 Å². The van der Waals surface area contributed by atoms with Crippen molar-refractivity contribution >= 4 is 0 Å². The summed E-state index contributed by atoms with van der Waals surface area (Å²) in [4.78, 5) is 0. The van der Waals surface area contributed by atoms with Crippen molar-refractivity contribution in [1.29, 1.82) is 0 Å². The van der Waals surface area contributed by atoms with E-state index in [1.54, 1.807) is 12.1 Å². The minimum Gasteiger partial charge on any atom is -2.00 e. The zero-order chi connectivity index (χ0) is 6.69. The van der Waals surface area contributed by atoms with E-state index in [9.17, 15) is 4.39 Å². The molecule has 1 rings (SSSR count). The van der Waals surface area contributed by atoms with Gasteiger partial charge in [0.15, 0.2) is 0 Å². The Morgan fingerprint density at radius 3 is 2.00 bits per heavy atom. The number of halogens is 1. The summed E-state index contributed by atoms with van der Waals surface area (Å²) in [7, 11) is 0. The maximum atomic E-state index is 12.2. The van der Waals surface area contributed by atoms with E-state index in [0.29, 0.717) is 6.54 Å². The van der Waals surface area contributed by atoms with Gasteiger partial charge in [-0.25, -0.2) is 4.39 Å². The van der Waals surface area contributed by atoms with E-state index < -0.39 is 0 Å². The first-order chi connectivity index (χ1) is 4.33. The number of rotatable bonds is 1. The maximum absolute atomic E-state index is 12.2. The Morgan fingerprint density at radius 2 is 1.64 bits per heavy atom. The van der Waals surface area contributed by atoms with Crippen molar-refractivity contribution in [2.75, 3.05) is 0 Å².